The van der Waals surface area contributed by atoms with Gasteiger partial charge in [0.25, 0.3) is 0 Å². The van der Waals surface area contributed by atoms with E-state index in [1.807, 2.05) is 29.2 Å². The van der Waals surface area contributed by atoms with E-state index < -0.39 is 11.6 Å². The van der Waals surface area contributed by atoms with E-state index in [4.69, 9.17) is 4.74 Å². The highest BCUT2D eigenvalue weighted by molar-refractivity contribution is 5.96. The number of ether oxygens (including phenoxy) is 1. The molecule has 0 bridgehead atoms. The van der Waals surface area contributed by atoms with Crippen molar-refractivity contribution in [1.29, 1.82) is 0 Å². The minimum Gasteiger partial charge on any atom is -0.486 e. The third-order valence-electron chi connectivity index (χ3n) is 8.58. The van der Waals surface area contributed by atoms with E-state index in [2.05, 4.69) is 44.2 Å². The monoisotopic (exact) mass is 611 g/mol. The van der Waals surface area contributed by atoms with Gasteiger partial charge < -0.3 is 24.8 Å². The first-order valence-corrected chi connectivity index (χ1v) is 14.9. The maximum Gasteiger partial charge on any atom is 0.227 e. The average molecular weight is 612 g/mol. The number of hydrogen-bond acceptors (Lipinski definition) is 8. The normalized spacial score (nSPS) is 15.3. The average Bonchev–Trinajstić information content (AvgIpc) is 3.05. The molecule has 0 saturated carbocycles. The summed E-state index contributed by atoms with van der Waals surface area (Å²) < 4.78 is 51.6. The van der Waals surface area contributed by atoms with Crippen LogP contribution in [0.4, 0.5) is 41.9 Å². The van der Waals surface area contributed by atoms with Gasteiger partial charge in [-0.1, -0.05) is 12.1 Å². The van der Waals surface area contributed by atoms with Crippen molar-refractivity contribution in [2.75, 3.05) is 55.5 Å². The summed E-state index contributed by atoms with van der Waals surface area (Å²) in [4.78, 5) is 18.9. The first-order chi connectivity index (χ1) is 21.9. The molecular weight excluding hydrogens is 579 g/mol. The quantitative estimate of drug-likeness (QED) is 0.222. The molecule has 0 spiro atoms. The summed E-state index contributed by atoms with van der Waals surface area (Å²) in [7, 11) is 4.14. The fraction of sp³-hybridized carbons (Fsp3) is 0.265. The van der Waals surface area contributed by atoms with Crippen LogP contribution in [0.3, 0.4) is 0 Å². The lowest BCUT2D eigenvalue weighted by atomic mass is 10.0. The van der Waals surface area contributed by atoms with E-state index in [1.54, 1.807) is 30.6 Å². The SMILES string of the molecule is CN(C)C1CCN(c2ccc(Nc3ncc(F)c(-c4cc(F)c5c(c4)N(c4cccc6cnccc46)CCO5)n3)cc2F)CC1. The highest BCUT2D eigenvalue weighted by Gasteiger charge is 2.27. The molecule has 2 aliphatic heterocycles. The van der Waals surface area contributed by atoms with Crippen LogP contribution in [0.1, 0.15) is 12.8 Å². The molecule has 8 nitrogen and oxygen atoms in total. The Morgan fingerprint density at radius 1 is 0.867 bits per heavy atom. The number of hydrogen-bond donors (Lipinski definition) is 1. The summed E-state index contributed by atoms with van der Waals surface area (Å²) in [5.74, 6) is -1.58. The molecule has 7 rings (SSSR count). The highest BCUT2D eigenvalue weighted by Crippen LogP contribution is 2.43. The number of anilines is 5. The van der Waals surface area contributed by atoms with Crippen LogP contribution in [0, 0.1) is 17.5 Å². The molecule has 1 fully saturated rings. The van der Waals surface area contributed by atoms with E-state index in [9.17, 15) is 0 Å². The molecule has 0 radical (unpaired) electrons. The summed E-state index contributed by atoms with van der Waals surface area (Å²) in [6, 6.07) is 16.0. The van der Waals surface area contributed by atoms with Crippen LogP contribution < -0.4 is 19.9 Å². The zero-order valence-corrected chi connectivity index (χ0v) is 25.0. The molecule has 0 aliphatic carbocycles. The van der Waals surface area contributed by atoms with Gasteiger partial charge in [0.2, 0.25) is 5.95 Å². The van der Waals surface area contributed by atoms with Gasteiger partial charge in [0.1, 0.15) is 18.1 Å². The third-order valence-corrected chi connectivity index (χ3v) is 8.58. The summed E-state index contributed by atoms with van der Waals surface area (Å²) in [5, 5.41) is 4.86. The molecule has 45 heavy (non-hydrogen) atoms. The standard InChI is InChI=1S/C34H32F3N7O/c1-42(2)24-9-12-43(13-10-24)30-7-6-23(18-26(30)35)40-34-39-20-28(37)32(41-34)22-16-27(36)33-31(17-22)44(14-15-45-33)29-5-3-4-21-19-38-11-8-25(21)29/h3-8,11,16-20,24H,9-10,12-15H2,1-2H3,(H,39,40,41). The molecule has 5 aromatic rings. The topological polar surface area (TPSA) is 69.7 Å². The van der Waals surface area contributed by atoms with E-state index in [-0.39, 0.29) is 35.4 Å². The van der Waals surface area contributed by atoms with Gasteiger partial charge in [-0.05, 0) is 69.4 Å². The van der Waals surface area contributed by atoms with Crippen molar-refractivity contribution in [2.45, 2.75) is 18.9 Å². The zero-order valence-electron chi connectivity index (χ0n) is 25.0. The number of fused-ring (bicyclic) bond motifs is 2. The van der Waals surface area contributed by atoms with Crippen LogP contribution in [0.5, 0.6) is 5.75 Å². The number of rotatable bonds is 6. The van der Waals surface area contributed by atoms with Gasteiger partial charge in [-0.15, -0.1) is 0 Å². The van der Waals surface area contributed by atoms with Crippen molar-refractivity contribution in [3.05, 3.63) is 90.6 Å². The molecular formula is C34H32F3N7O. The second kappa shape index (κ2) is 11.9. The minimum absolute atomic E-state index is 0.0538. The van der Waals surface area contributed by atoms with E-state index in [0.717, 1.165) is 48.6 Å². The first-order valence-electron chi connectivity index (χ1n) is 14.9. The van der Waals surface area contributed by atoms with Crippen LogP contribution >= 0.6 is 0 Å². The van der Waals surface area contributed by atoms with Gasteiger partial charge in [0, 0.05) is 59.2 Å². The Morgan fingerprint density at radius 3 is 2.51 bits per heavy atom. The second-order valence-electron chi connectivity index (χ2n) is 11.5. The van der Waals surface area contributed by atoms with Gasteiger partial charge >= 0.3 is 0 Å². The number of benzene rings is 3. The van der Waals surface area contributed by atoms with Gasteiger partial charge in [0.15, 0.2) is 17.4 Å². The summed E-state index contributed by atoms with van der Waals surface area (Å²) in [6.45, 7) is 2.29. The van der Waals surface area contributed by atoms with Crippen molar-refractivity contribution in [2.24, 2.45) is 0 Å². The third kappa shape index (κ3) is 5.59. The molecule has 0 unspecified atom stereocenters. The summed E-state index contributed by atoms with van der Waals surface area (Å²) >= 11 is 0. The Kier molecular flexibility index (Phi) is 7.62. The van der Waals surface area contributed by atoms with Gasteiger partial charge in [0.05, 0.1) is 24.1 Å². The number of nitrogens with zero attached hydrogens (tertiary/aromatic N) is 6. The van der Waals surface area contributed by atoms with Crippen molar-refractivity contribution >= 4 is 39.5 Å². The number of aromatic nitrogens is 3. The maximum atomic E-state index is 15.5. The Bertz CT molecular complexity index is 1870. The Hall–Kier alpha value is -4.90. The summed E-state index contributed by atoms with van der Waals surface area (Å²) in [5.41, 5.74) is 2.39. The number of nitrogens with one attached hydrogen (secondary N) is 1. The van der Waals surface area contributed by atoms with Crippen molar-refractivity contribution in [1.82, 2.24) is 19.9 Å². The first kappa shape index (κ1) is 28.8. The predicted octanol–water partition coefficient (Wildman–Crippen LogP) is 6.91. The summed E-state index contributed by atoms with van der Waals surface area (Å²) in [6.07, 6.45) is 6.43. The second-order valence-corrected chi connectivity index (χ2v) is 11.5. The van der Waals surface area contributed by atoms with Crippen LogP contribution in [-0.2, 0) is 0 Å². The molecule has 4 heterocycles. The smallest absolute Gasteiger partial charge is 0.227 e. The molecule has 0 amide bonds. The van der Waals surface area contributed by atoms with Crippen LogP contribution in [0.25, 0.3) is 22.0 Å². The molecule has 1 saturated heterocycles. The van der Waals surface area contributed by atoms with Crippen molar-refractivity contribution in [3.8, 4) is 17.0 Å². The molecule has 11 heteroatoms. The van der Waals surface area contributed by atoms with Crippen molar-refractivity contribution < 1.29 is 17.9 Å². The molecule has 2 aromatic heterocycles. The lowest BCUT2D eigenvalue weighted by Crippen LogP contribution is -2.42. The molecule has 230 valence electrons. The molecule has 0 atom stereocenters. The highest BCUT2D eigenvalue weighted by atomic mass is 19.1. The van der Waals surface area contributed by atoms with Crippen LogP contribution in [0.15, 0.2) is 73.2 Å². The van der Waals surface area contributed by atoms with E-state index in [0.29, 0.717) is 29.6 Å². The lowest BCUT2D eigenvalue weighted by molar-refractivity contribution is 0.249. The van der Waals surface area contributed by atoms with E-state index in [1.165, 1.54) is 12.1 Å². The van der Waals surface area contributed by atoms with Crippen LogP contribution in [-0.4, -0.2) is 66.2 Å². The number of piperidine rings is 1. The number of pyridine rings is 1. The Labute approximate surface area is 259 Å². The molecule has 2 aliphatic rings. The van der Waals surface area contributed by atoms with Gasteiger partial charge in [-0.2, -0.15) is 0 Å². The Balaban J connectivity index is 1.17. The molecule has 3 aromatic carbocycles. The van der Waals surface area contributed by atoms with Crippen molar-refractivity contribution in [3.63, 3.8) is 0 Å². The Morgan fingerprint density at radius 2 is 1.71 bits per heavy atom. The zero-order chi connectivity index (χ0) is 31.1. The molecule has 1 N–H and O–H groups in total. The fourth-order valence-electron chi connectivity index (χ4n) is 6.23. The fourth-order valence-corrected chi connectivity index (χ4v) is 6.23. The van der Waals surface area contributed by atoms with Gasteiger partial charge in [-0.3, -0.25) is 4.98 Å². The predicted molar refractivity (Wildman–Crippen MR) is 170 cm³/mol. The lowest BCUT2D eigenvalue weighted by Gasteiger charge is -2.36. The number of halogens is 3. The maximum absolute atomic E-state index is 15.5. The largest absolute Gasteiger partial charge is 0.486 e. The van der Waals surface area contributed by atoms with E-state index >= 15 is 13.2 Å². The minimum atomic E-state index is -0.720. The van der Waals surface area contributed by atoms with Gasteiger partial charge in [-0.25, -0.2) is 23.1 Å². The van der Waals surface area contributed by atoms with Crippen LogP contribution in [0.2, 0.25) is 0 Å².